The molecule has 2 unspecified atom stereocenters. The van der Waals surface area contributed by atoms with Crippen LogP contribution in [0.3, 0.4) is 0 Å². The van der Waals surface area contributed by atoms with E-state index in [-0.39, 0.29) is 11.6 Å². The summed E-state index contributed by atoms with van der Waals surface area (Å²) in [6.07, 6.45) is 2.03. The molecule has 1 aliphatic rings. The van der Waals surface area contributed by atoms with Crippen LogP contribution in [0.2, 0.25) is 0 Å². The maximum absolute atomic E-state index is 8.96. The minimum Gasteiger partial charge on any atom is -0.311 e. The van der Waals surface area contributed by atoms with Crippen molar-refractivity contribution in [3.63, 3.8) is 0 Å². The smallest absolute Gasteiger partial charge is 0.121 e. The van der Waals surface area contributed by atoms with Gasteiger partial charge < -0.3 is 10.6 Å². The molecule has 0 radical (unpaired) electrons. The third-order valence-electron chi connectivity index (χ3n) is 2.58. The average Bonchev–Trinajstić information content (AvgIpc) is 2.06. The second-order valence-corrected chi connectivity index (χ2v) is 3.11. The third-order valence-corrected chi connectivity index (χ3v) is 2.58. The molecule has 3 heteroatoms. The summed E-state index contributed by atoms with van der Waals surface area (Å²) in [5.41, 5.74) is -0.335. The Morgan fingerprint density at radius 2 is 2.45 bits per heavy atom. The van der Waals surface area contributed by atoms with Crippen LogP contribution in [0.5, 0.6) is 0 Å². The summed E-state index contributed by atoms with van der Waals surface area (Å²) in [7, 11) is 1.85. The van der Waals surface area contributed by atoms with E-state index in [1.165, 1.54) is 0 Å². The molecular formula is C8H15N3. The number of nitrogens with one attached hydrogen (secondary N) is 2. The van der Waals surface area contributed by atoms with Gasteiger partial charge in [0.05, 0.1) is 6.07 Å². The highest BCUT2D eigenvalue weighted by molar-refractivity contribution is 5.13. The zero-order valence-electron chi connectivity index (χ0n) is 7.15. The van der Waals surface area contributed by atoms with E-state index in [9.17, 15) is 0 Å². The van der Waals surface area contributed by atoms with Crippen LogP contribution >= 0.6 is 0 Å². The summed E-state index contributed by atoms with van der Waals surface area (Å²) in [4.78, 5) is 0. The van der Waals surface area contributed by atoms with Crippen LogP contribution in [0.1, 0.15) is 19.8 Å². The summed E-state index contributed by atoms with van der Waals surface area (Å²) in [5.74, 6) is 0. The highest BCUT2D eigenvalue weighted by Crippen LogP contribution is 2.19. The van der Waals surface area contributed by atoms with E-state index in [2.05, 4.69) is 23.6 Å². The number of nitrogens with zero attached hydrogens (tertiary/aromatic N) is 1. The summed E-state index contributed by atoms with van der Waals surface area (Å²) >= 11 is 0. The largest absolute Gasteiger partial charge is 0.311 e. The molecule has 0 aromatic carbocycles. The number of rotatable bonds is 1. The van der Waals surface area contributed by atoms with Gasteiger partial charge in [-0.15, -0.1) is 0 Å². The van der Waals surface area contributed by atoms with E-state index in [1.54, 1.807) is 0 Å². The van der Waals surface area contributed by atoms with E-state index in [1.807, 2.05) is 7.05 Å². The molecule has 0 aromatic heterocycles. The minimum absolute atomic E-state index is 0.256. The van der Waals surface area contributed by atoms with E-state index in [0.717, 1.165) is 19.4 Å². The van der Waals surface area contributed by atoms with Crippen molar-refractivity contribution >= 4 is 0 Å². The van der Waals surface area contributed by atoms with Crippen molar-refractivity contribution in [1.29, 1.82) is 5.26 Å². The van der Waals surface area contributed by atoms with Crippen molar-refractivity contribution in [2.75, 3.05) is 13.6 Å². The highest BCUT2D eigenvalue weighted by Gasteiger charge is 2.36. The number of likely N-dealkylation sites (N-methyl/N-ethyl adjacent to an activating group) is 1. The van der Waals surface area contributed by atoms with Crippen LogP contribution in [-0.4, -0.2) is 25.2 Å². The van der Waals surface area contributed by atoms with Crippen molar-refractivity contribution < 1.29 is 0 Å². The van der Waals surface area contributed by atoms with Crippen molar-refractivity contribution in [2.24, 2.45) is 0 Å². The molecule has 1 rings (SSSR count). The van der Waals surface area contributed by atoms with Crippen LogP contribution in [0.4, 0.5) is 0 Å². The Labute approximate surface area is 67.8 Å². The number of hydrogen-bond acceptors (Lipinski definition) is 3. The molecule has 2 N–H and O–H groups in total. The Morgan fingerprint density at radius 1 is 1.73 bits per heavy atom. The van der Waals surface area contributed by atoms with Gasteiger partial charge in [0.25, 0.3) is 0 Å². The molecule has 0 spiro atoms. The lowest BCUT2D eigenvalue weighted by molar-refractivity contribution is 0.263. The highest BCUT2D eigenvalue weighted by atomic mass is 15.1. The minimum atomic E-state index is -0.335. The lowest BCUT2D eigenvalue weighted by Crippen LogP contribution is -2.59. The van der Waals surface area contributed by atoms with Crippen molar-refractivity contribution in [1.82, 2.24) is 10.6 Å². The molecule has 1 fully saturated rings. The molecule has 62 valence electrons. The van der Waals surface area contributed by atoms with Crippen LogP contribution in [0.15, 0.2) is 0 Å². The fourth-order valence-corrected chi connectivity index (χ4v) is 1.63. The maximum atomic E-state index is 8.96. The maximum Gasteiger partial charge on any atom is 0.121 e. The summed E-state index contributed by atoms with van der Waals surface area (Å²) in [5, 5.41) is 15.3. The van der Waals surface area contributed by atoms with Gasteiger partial charge in [-0.1, -0.05) is 0 Å². The lowest BCUT2D eigenvalue weighted by atomic mass is 9.85. The van der Waals surface area contributed by atoms with Gasteiger partial charge in [0.15, 0.2) is 0 Å². The molecular weight excluding hydrogens is 138 g/mol. The summed E-state index contributed by atoms with van der Waals surface area (Å²) in [6.45, 7) is 3.09. The van der Waals surface area contributed by atoms with Gasteiger partial charge in [-0.2, -0.15) is 5.26 Å². The van der Waals surface area contributed by atoms with Crippen molar-refractivity contribution in [2.45, 2.75) is 31.3 Å². The van der Waals surface area contributed by atoms with Crippen molar-refractivity contribution in [3.8, 4) is 6.07 Å². The zero-order valence-corrected chi connectivity index (χ0v) is 7.15. The fourth-order valence-electron chi connectivity index (χ4n) is 1.63. The monoisotopic (exact) mass is 153 g/mol. The molecule has 11 heavy (non-hydrogen) atoms. The predicted molar refractivity (Wildman–Crippen MR) is 44.1 cm³/mol. The molecule has 0 saturated carbocycles. The zero-order chi connectivity index (χ0) is 8.32. The normalized spacial score (nSPS) is 38.1. The first-order chi connectivity index (χ1) is 5.25. The van der Waals surface area contributed by atoms with E-state index in [0.29, 0.717) is 0 Å². The van der Waals surface area contributed by atoms with Gasteiger partial charge >= 0.3 is 0 Å². The first-order valence-electron chi connectivity index (χ1n) is 4.09. The average molecular weight is 153 g/mol. The second-order valence-electron chi connectivity index (χ2n) is 3.11. The van der Waals surface area contributed by atoms with Gasteiger partial charge in [-0.05, 0) is 33.4 Å². The fraction of sp³-hybridized carbons (Fsp3) is 0.875. The summed E-state index contributed by atoms with van der Waals surface area (Å²) in [6, 6.07) is 2.60. The molecule has 0 aliphatic carbocycles. The first kappa shape index (κ1) is 8.51. The van der Waals surface area contributed by atoms with Gasteiger partial charge in [0, 0.05) is 6.04 Å². The Bertz CT molecular complexity index is 173. The quantitative estimate of drug-likeness (QED) is 0.567. The topological polar surface area (TPSA) is 47.9 Å². The molecule has 0 aromatic rings. The molecule has 1 saturated heterocycles. The number of nitriles is 1. The Kier molecular flexibility index (Phi) is 2.48. The SMILES string of the molecule is CNC1(C#N)CCCNC1C. The summed E-state index contributed by atoms with van der Waals surface area (Å²) < 4.78 is 0. The van der Waals surface area contributed by atoms with Gasteiger partial charge in [0.1, 0.15) is 5.54 Å². The second kappa shape index (κ2) is 3.21. The molecule has 1 aliphatic heterocycles. The van der Waals surface area contributed by atoms with Gasteiger partial charge in [0.2, 0.25) is 0 Å². The van der Waals surface area contributed by atoms with Crippen LogP contribution < -0.4 is 10.6 Å². The first-order valence-corrected chi connectivity index (χ1v) is 4.09. The molecule has 0 amide bonds. The van der Waals surface area contributed by atoms with Crippen LogP contribution in [0, 0.1) is 11.3 Å². The predicted octanol–water partition coefficient (Wildman–Crippen LogP) is 0.240. The van der Waals surface area contributed by atoms with Crippen LogP contribution in [0.25, 0.3) is 0 Å². The van der Waals surface area contributed by atoms with Gasteiger partial charge in [-0.3, -0.25) is 0 Å². The van der Waals surface area contributed by atoms with Crippen molar-refractivity contribution in [3.05, 3.63) is 0 Å². The lowest BCUT2D eigenvalue weighted by Gasteiger charge is -2.37. The molecule has 2 atom stereocenters. The molecule has 1 heterocycles. The number of hydrogen-bond donors (Lipinski definition) is 2. The van der Waals surface area contributed by atoms with Crippen LogP contribution in [-0.2, 0) is 0 Å². The number of piperidine rings is 1. The molecule has 0 bridgehead atoms. The molecule has 3 nitrogen and oxygen atoms in total. The Balaban J connectivity index is 2.71. The third kappa shape index (κ3) is 1.37. The van der Waals surface area contributed by atoms with E-state index < -0.39 is 0 Å². The Morgan fingerprint density at radius 3 is 2.82 bits per heavy atom. The van der Waals surface area contributed by atoms with Gasteiger partial charge in [-0.25, -0.2) is 0 Å². The van der Waals surface area contributed by atoms with E-state index in [4.69, 9.17) is 5.26 Å². The Hall–Kier alpha value is -0.590. The standard InChI is InChI=1S/C8H15N3/c1-7-8(6-9,10-2)4-3-5-11-7/h7,10-11H,3-5H2,1-2H3. The van der Waals surface area contributed by atoms with E-state index >= 15 is 0 Å².